The van der Waals surface area contributed by atoms with E-state index in [-0.39, 0.29) is 28.9 Å². The second kappa shape index (κ2) is 6.25. The topological polar surface area (TPSA) is 54.5 Å². The van der Waals surface area contributed by atoms with E-state index in [9.17, 15) is 13.2 Å². The van der Waals surface area contributed by atoms with Crippen LogP contribution < -0.4 is 0 Å². The van der Waals surface area contributed by atoms with Crippen molar-refractivity contribution in [3.8, 4) is 0 Å². The van der Waals surface area contributed by atoms with Gasteiger partial charge in [0.05, 0.1) is 11.5 Å². The number of unbranched alkanes of at least 4 members (excludes halogenated alkanes) is 1. The predicted octanol–water partition coefficient (Wildman–Crippen LogP) is 2.24. The Labute approximate surface area is 117 Å². The van der Waals surface area contributed by atoms with Gasteiger partial charge in [-0.25, -0.2) is 8.42 Å². The van der Waals surface area contributed by atoms with E-state index in [1.807, 2.05) is 25.7 Å². The summed E-state index contributed by atoms with van der Waals surface area (Å²) >= 11 is 0. The number of nitrogens with zero attached hydrogens (tertiary/aromatic N) is 1. The van der Waals surface area contributed by atoms with Crippen LogP contribution in [0.25, 0.3) is 0 Å². The Morgan fingerprint density at radius 2 is 1.95 bits per heavy atom. The fourth-order valence-electron chi connectivity index (χ4n) is 2.42. The summed E-state index contributed by atoms with van der Waals surface area (Å²) < 4.78 is 23.2. The van der Waals surface area contributed by atoms with E-state index in [2.05, 4.69) is 6.92 Å². The maximum Gasteiger partial charge on any atom is 0.223 e. The van der Waals surface area contributed by atoms with Crippen LogP contribution in [0.4, 0.5) is 0 Å². The van der Waals surface area contributed by atoms with Crippen LogP contribution in [-0.2, 0) is 14.6 Å². The van der Waals surface area contributed by atoms with Crippen molar-refractivity contribution in [1.82, 2.24) is 4.90 Å². The lowest BCUT2D eigenvalue weighted by atomic mass is 9.91. The SMILES string of the molecule is CCCCN(C(=O)CC(C)(C)C)C1CCS(=O)(=O)C1. The molecule has 1 fully saturated rings. The number of carbonyl (C=O) groups is 1. The molecule has 19 heavy (non-hydrogen) atoms. The normalized spacial score (nSPS) is 22.4. The summed E-state index contributed by atoms with van der Waals surface area (Å²) in [5.74, 6) is 0.471. The molecule has 1 aliphatic heterocycles. The summed E-state index contributed by atoms with van der Waals surface area (Å²) in [5.41, 5.74) is -0.0565. The minimum atomic E-state index is -2.94. The van der Waals surface area contributed by atoms with Crippen molar-refractivity contribution in [2.75, 3.05) is 18.1 Å². The van der Waals surface area contributed by atoms with Gasteiger partial charge >= 0.3 is 0 Å². The molecule has 0 bridgehead atoms. The van der Waals surface area contributed by atoms with E-state index in [0.717, 1.165) is 12.8 Å². The molecule has 0 aromatic heterocycles. The minimum absolute atomic E-state index is 0.0565. The third kappa shape index (κ3) is 5.51. The molecule has 112 valence electrons. The lowest BCUT2D eigenvalue weighted by Crippen LogP contribution is -2.43. The second-order valence-corrected chi connectivity index (χ2v) is 8.96. The molecule has 4 nitrogen and oxygen atoms in total. The highest BCUT2D eigenvalue weighted by Crippen LogP contribution is 2.24. The van der Waals surface area contributed by atoms with Gasteiger partial charge in [-0.2, -0.15) is 0 Å². The van der Waals surface area contributed by atoms with Crippen LogP contribution in [0.1, 0.15) is 53.4 Å². The molecule has 0 aromatic carbocycles. The largest absolute Gasteiger partial charge is 0.339 e. The Bertz CT molecular complexity index is 409. The number of hydrogen-bond acceptors (Lipinski definition) is 3. The fourth-order valence-corrected chi connectivity index (χ4v) is 4.15. The van der Waals surface area contributed by atoms with Crippen molar-refractivity contribution in [3.05, 3.63) is 0 Å². The molecule has 0 radical (unpaired) electrons. The van der Waals surface area contributed by atoms with E-state index < -0.39 is 9.84 Å². The average molecular weight is 289 g/mol. The fraction of sp³-hybridized carbons (Fsp3) is 0.929. The van der Waals surface area contributed by atoms with Gasteiger partial charge in [0.1, 0.15) is 0 Å². The lowest BCUT2D eigenvalue weighted by Gasteiger charge is -2.31. The zero-order chi connectivity index (χ0) is 14.7. The van der Waals surface area contributed by atoms with Crippen molar-refractivity contribution in [2.45, 2.75) is 59.4 Å². The van der Waals surface area contributed by atoms with E-state index in [0.29, 0.717) is 19.4 Å². The highest BCUT2D eigenvalue weighted by atomic mass is 32.2. The molecule has 1 saturated heterocycles. The summed E-state index contributed by atoms with van der Waals surface area (Å²) in [6.07, 6.45) is 3.03. The smallest absolute Gasteiger partial charge is 0.223 e. The molecule has 1 heterocycles. The zero-order valence-corrected chi connectivity index (χ0v) is 13.4. The summed E-state index contributed by atoms with van der Waals surface area (Å²) in [6, 6.07) is -0.105. The van der Waals surface area contributed by atoms with Crippen molar-refractivity contribution >= 4 is 15.7 Å². The Hall–Kier alpha value is -0.580. The monoisotopic (exact) mass is 289 g/mol. The van der Waals surface area contributed by atoms with E-state index in [1.165, 1.54) is 0 Å². The number of sulfone groups is 1. The van der Waals surface area contributed by atoms with Gasteiger partial charge in [0.2, 0.25) is 5.91 Å². The molecule has 1 amide bonds. The number of carbonyl (C=O) groups excluding carboxylic acids is 1. The van der Waals surface area contributed by atoms with Crippen molar-refractivity contribution in [1.29, 1.82) is 0 Å². The van der Waals surface area contributed by atoms with Crippen LogP contribution in [0, 0.1) is 5.41 Å². The van der Waals surface area contributed by atoms with E-state index >= 15 is 0 Å². The first kappa shape index (κ1) is 16.5. The summed E-state index contributed by atoms with van der Waals surface area (Å²) in [4.78, 5) is 14.2. The summed E-state index contributed by atoms with van der Waals surface area (Å²) in [7, 11) is -2.94. The third-order valence-corrected chi connectivity index (χ3v) is 5.15. The quantitative estimate of drug-likeness (QED) is 0.780. The molecular formula is C14H27NO3S. The van der Waals surface area contributed by atoms with Gasteiger partial charge in [0, 0.05) is 19.0 Å². The molecule has 1 unspecified atom stereocenters. The molecule has 1 aliphatic rings. The standard InChI is InChI=1S/C14H27NO3S/c1-5-6-8-15(13(16)10-14(2,3)4)12-7-9-19(17,18)11-12/h12H,5-11H2,1-4H3. The van der Waals surface area contributed by atoms with Crippen LogP contribution in [0.5, 0.6) is 0 Å². The van der Waals surface area contributed by atoms with E-state index in [4.69, 9.17) is 0 Å². The molecule has 1 rings (SSSR count). The first-order chi connectivity index (χ1) is 8.64. The number of rotatable bonds is 5. The predicted molar refractivity (Wildman–Crippen MR) is 77.8 cm³/mol. The highest BCUT2D eigenvalue weighted by Gasteiger charge is 2.35. The van der Waals surface area contributed by atoms with Crippen LogP contribution >= 0.6 is 0 Å². The molecule has 0 spiro atoms. The molecule has 5 heteroatoms. The molecule has 0 aliphatic carbocycles. The lowest BCUT2D eigenvalue weighted by molar-refractivity contribution is -0.135. The Morgan fingerprint density at radius 3 is 2.37 bits per heavy atom. The third-order valence-electron chi connectivity index (χ3n) is 3.40. The number of hydrogen-bond donors (Lipinski definition) is 0. The van der Waals surface area contributed by atoms with Crippen LogP contribution in [0.2, 0.25) is 0 Å². The van der Waals surface area contributed by atoms with Gasteiger partial charge in [-0.1, -0.05) is 34.1 Å². The second-order valence-electron chi connectivity index (χ2n) is 6.73. The van der Waals surface area contributed by atoms with Crippen molar-refractivity contribution < 1.29 is 13.2 Å². The van der Waals surface area contributed by atoms with Crippen molar-refractivity contribution in [2.24, 2.45) is 5.41 Å². The average Bonchev–Trinajstić information content (AvgIpc) is 2.57. The Balaban J connectivity index is 2.74. The minimum Gasteiger partial charge on any atom is -0.339 e. The maximum absolute atomic E-state index is 12.4. The van der Waals surface area contributed by atoms with Gasteiger partial charge in [-0.3, -0.25) is 4.79 Å². The molecule has 0 N–H and O–H groups in total. The van der Waals surface area contributed by atoms with Gasteiger partial charge in [0.15, 0.2) is 9.84 Å². The Morgan fingerprint density at radius 1 is 1.32 bits per heavy atom. The van der Waals surface area contributed by atoms with Gasteiger partial charge in [-0.15, -0.1) is 0 Å². The summed E-state index contributed by atoms with van der Waals surface area (Å²) in [6.45, 7) is 8.88. The van der Waals surface area contributed by atoms with Gasteiger partial charge in [0.25, 0.3) is 0 Å². The first-order valence-corrected chi connectivity index (χ1v) is 8.96. The zero-order valence-electron chi connectivity index (χ0n) is 12.6. The van der Waals surface area contributed by atoms with Crippen LogP contribution in [-0.4, -0.2) is 43.3 Å². The Kier molecular flexibility index (Phi) is 5.42. The number of amides is 1. The molecule has 1 atom stereocenters. The van der Waals surface area contributed by atoms with Crippen molar-refractivity contribution in [3.63, 3.8) is 0 Å². The van der Waals surface area contributed by atoms with Crippen LogP contribution in [0.3, 0.4) is 0 Å². The van der Waals surface area contributed by atoms with Gasteiger partial charge < -0.3 is 4.90 Å². The van der Waals surface area contributed by atoms with E-state index in [1.54, 1.807) is 0 Å². The molecule has 0 saturated carbocycles. The first-order valence-electron chi connectivity index (χ1n) is 7.14. The van der Waals surface area contributed by atoms with Crippen LogP contribution in [0.15, 0.2) is 0 Å². The highest BCUT2D eigenvalue weighted by molar-refractivity contribution is 7.91. The summed E-state index contributed by atoms with van der Waals surface area (Å²) in [5, 5.41) is 0. The molecular weight excluding hydrogens is 262 g/mol. The maximum atomic E-state index is 12.4. The molecule has 0 aromatic rings. The van der Waals surface area contributed by atoms with Gasteiger partial charge in [-0.05, 0) is 18.3 Å².